The zero-order valence-electron chi connectivity index (χ0n) is 12.0. The molecule has 17 heavy (non-hydrogen) atoms. The van der Waals surface area contributed by atoms with Crippen LogP contribution in [0.25, 0.3) is 0 Å². The highest BCUT2D eigenvalue weighted by atomic mass is 15.2. The van der Waals surface area contributed by atoms with Crippen LogP contribution in [0.15, 0.2) is 0 Å². The highest BCUT2D eigenvalue weighted by Crippen LogP contribution is 2.38. The number of likely N-dealkylation sites (tertiary alicyclic amines) is 1. The van der Waals surface area contributed by atoms with E-state index in [0.717, 1.165) is 12.1 Å². The predicted molar refractivity (Wildman–Crippen MR) is 74.3 cm³/mol. The fraction of sp³-hybridized carbons (Fsp3) is 1.00. The van der Waals surface area contributed by atoms with Crippen molar-refractivity contribution in [3.05, 3.63) is 0 Å². The zero-order chi connectivity index (χ0) is 12.3. The van der Waals surface area contributed by atoms with E-state index < -0.39 is 0 Å². The highest BCUT2D eigenvalue weighted by Gasteiger charge is 2.32. The van der Waals surface area contributed by atoms with Crippen molar-refractivity contribution < 1.29 is 0 Å². The second-order valence-corrected chi connectivity index (χ2v) is 6.27. The Balaban J connectivity index is 1.73. The van der Waals surface area contributed by atoms with Gasteiger partial charge < -0.3 is 5.32 Å². The quantitative estimate of drug-likeness (QED) is 0.765. The van der Waals surface area contributed by atoms with Crippen LogP contribution in [-0.2, 0) is 0 Å². The van der Waals surface area contributed by atoms with E-state index in [1.165, 1.54) is 58.2 Å². The standard InChI is InChI=1S/C15H30N2/c1-4-15(5-2)8-10-17(11-9-15)13(3)12-16-14-6-7-14/h13-14,16H,4-12H2,1-3H3. The molecule has 0 bridgehead atoms. The van der Waals surface area contributed by atoms with Crippen molar-refractivity contribution in [2.24, 2.45) is 5.41 Å². The Labute approximate surface area is 107 Å². The third-order valence-corrected chi connectivity index (χ3v) is 5.26. The van der Waals surface area contributed by atoms with Gasteiger partial charge in [0.05, 0.1) is 0 Å². The van der Waals surface area contributed by atoms with Gasteiger partial charge in [0.25, 0.3) is 0 Å². The van der Waals surface area contributed by atoms with Gasteiger partial charge in [-0.3, -0.25) is 4.90 Å². The lowest BCUT2D eigenvalue weighted by atomic mass is 9.74. The zero-order valence-corrected chi connectivity index (χ0v) is 12.0. The molecule has 1 N–H and O–H groups in total. The number of nitrogens with zero attached hydrogens (tertiary/aromatic N) is 1. The molecule has 0 radical (unpaired) electrons. The van der Waals surface area contributed by atoms with Crippen molar-refractivity contribution in [1.82, 2.24) is 10.2 Å². The summed E-state index contributed by atoms with van der Waals surface area (Å²) in [6.07, 6.45) is 8.36. The van der Waals surface area contributed by atoms with Crippen LogP contribution in [0.2, 0.25) is 0 Å². The summed E-state index contributed by atoms with van der Waals surface area (Å²) in [6.45, 7) is 11.0. The first-order valence-corrected chi connectivity index (χ1v) is 7.66. The van der Waals surface area contributed by atoms with E-state index in [-0.39, 0.29) is 0 Å². The van der Waals surface area contributed by atoms with Gasteiger partial charge in [-0.15, -0.1) is 0 Å². The summed E-state index contributed by atoms with van der Waals surface area (Å²) in [5, 5.41) is 3.66. The molecule has 1 heterocycles. The summed E-state index contributed by atoms with van der Waals surface area (Å²) in [7, 11) is 0. The van der Waals surface area contributed by atoms with Crippen LogP contribution >= 0.6 is 0 Å². The average molecular weight is 238 g/mol. The van der Waals surface area contributed by atoms with Crippen molar-refractivity contribution >= 4 is 0 Å². The number of hydrogen-bond acceptors (Lipinski definition) is 2. The molecule has 0 spiro atoms. The average Bonchev–Trinajstić information content (AvgIpc) is 3.20. The van der Waals surface area contributed by atoms with Crippen LogP contribution in [0.1, 0.15) is 59.3 Å². The van der Waals surface area contributed by atoms with Gasteiger partial charge in [0, 0.05) is 18.6 Å². The highest BCUT2D eigenvalue weighted by molar-refractivity contribution is 4.88. The van der Waals surface area contributed by atoms with Gasteiger partial charge in [-0.2, -0.15) is 0 Å². The lowest BCUT2D eigenvalue weighted by Gasteiger charge is -2.43. The van der Waals surface area contributed by atoms with Crippen LogP contribution < -0.4 is 5.32 Å². The first-order valence-electron chi connectivity index (χ1n) is 7.66. The summed E-state index contributed by atoms with van der Waals surface area (Å²) < 4.78 is 0. The van der Waals surface area contributed by atoms with Crippen molar-refractivity contribution in [2.45, 2.75) is 71.4 Å². The summed E-state index contributed by atoms with van der Waals surface area (Å²) in [6, 6.07) is 1.58. The van der Waals surface area contributed by atoms with Crippen molar-refractivity contribution in [3.63, 3.8) is 0 Å². The monoisotopic (exact) mass is 238 g/mol. The van der Waals surface area contributed by atoms with Crippen molar-refractivity contribution in [2.75, 3.05) is 19.6 Å². The molecule has 2 nitrogen and oxygen atoms in total. The van der Waals surface area contributed by atoms with Crippen LogP contribution in [0, 0.1) is 5.41 Å². The van der Waals surface area contributed by atoms with Gasteiger partial charge in [-0.1, -0.05) is 26.7 Å². The van der Waals surface area contributed by atoms with E-state index in [1.807, 2.05) is 0 Å². The molecule has 2 rings (SSSR count). The molecule has 0 amide bonds. The van der Waals surface area contributed by atoms with Crippen LogP contribution in [0.3, 0.4) is 0 Å². The Hall–Kier alpha value is -0.0800. The fourth-order valence-electron chi connectivity index (χ4n) is 3.15. The molecule has 1 saturated heterocycles. The van der Waals surface area contributed by atoms with Crippen molar-refractivity contribution in [3.8, 4) is 0 Å². The smallest absolute Gasteiger partial charge is 0.0192 e. The minimum absolute atomic E-state index is 0.667. The third-order valence-electron chi connectivity index (χ3n) is 5.26. The second-order valence-electron chi connectivity index (χ2n) is 6.27. The first-order chi connectivity index (χ1) is 8.19. The Morgan fingerprint density at radius 1 is 1.18 bits per heavy atom. The lowest BCUT2D eigenvalue weighted by molar-refractivity contribution is 0.0708. The van der Waals surface area contributed by atoms with Gasteiger partial charge in [0.15, 0.2) is 0 Å². The minimum atomic E-state index is 0.667. The normalized spacial score (nSPS) is 27.0. The molecule has 1 aliphatic heterocycles. The molecular weight excluding hydrogens is 208 g/mol. The van der Waals surface area contributed by atoms with E-state index in [9.17, 15) is 0 Å². The maximum absolute atomic E-state index is 3.66. The first kappa shape index (κ1) is 13.4. The molecular formula is C15H30N2. The van der Waals surface area contributed by atoms with Gasteiger partial charge in [0.1, 0.15) is 0 Å². The summed E-state index contributed by atoms with van der Waals surface area (Å²) in [5.41, 5.74) is 0.667. The number of rotatable bonds is 6. The molecule has 1 aliphatic carbocycles. The van der Waals surface area contributed by atoms with Gasteiger partial charge in [-0.05, 0) is 51.1 Å². The molecule has 0 aromatic rings. The van der Waals surface area contributed by atoms with Gasteiger partial charge in [-0.25, -0.2) is 0 Å². The van der Waals surface area contributed by atoms with E-state index in [0.29, 0.717) is 5.41 Å². The molecule has 0 aromatic carbocycles. The maximum atomic E-state index is 3.66. The number of hydrogen-bond donors (Lipinski definition) is 1. The van der Waals surface area contributed by atoms with Gasteiger partial charge in [0.2, 0.25) is 0 Å². The molecule has 2 fully saturated rings. The molecule has 1 unspecified atom stereocenters. The topological polar surface area (TPSA) is 15.3 Å². The van der Waals surface area contributed by atoms with E-state index in [2.05, 4.69) is 31.0 Å². The summed E-state index contributed by atoms with van der Waals surface area (Å²) >= 11 is 0. The Morgan fingerprint density at radius 2 is 1.76 bits per heavy atom. The Morgan fingerprint density at radius 3 is 2.24 bits per heavy atom. The molecule has 100 valence electrons. The van der Waals surface area contributed by atoms with E-state index >= 15 is 0 Å². The molecule has 0 aromatic heterocycles. The van der Waals surface area contributed by atoms with E-state index in [4.69, 9.17) is 0 Å². The minimum Gasteiger partial charge on any atom is -0.312 e. The van der Waals surface area contributed by atoms with Crippen molar-refractivity contribution in [1.29, 1.82) is 0 Å². The molecule has 2 heteroatoms. The number of nitrogens with one attached hydrogen (secondary N) is 1. The maximum Gasteiger partial charge on any atom is 0.0192 e. The molecule has 2 aliphatic rings. The SMILES string of the molecule is CCC1(CC)CCN(C(C)CNC2CC2)CC1. The molecule has 1 atom stereocenters. The van der Waals surface area contributed by atoms with Crippen LogP contribution in [-0.4, -0.2) is 36.6 Å². The third kappa shape index (κ3) is 3.45. The summed E-state index contributed by atoms with van der Waals surface area (Å²) in [4.78, 5) is 2.69. The predicted octanol–water partition coefficient (Wildman–Crippen LogP) is 3.03. The summed E-state index contributed by atoms with van der Waals surface area (Å²) in [5.74, 6) is 0. The second kappa shape index (κ2) is 5.71. The van der Waals surface area contributed by atoms with Crippen LogP contribution in [0.4, 0.5) is 0 Å². The number of piperidine rings is 1. The largest absolute Gasteiger partial charge is 0.312 e. The van der Waals surface area contributed by atoms with Gasteiger partial charge >= 0.3 is 0 Å². The molecule has 1 saturated carbocycles. The lowest BCUT2D eigenvalue weighted by Crippen LogP contribution is -2.47. The Kier molecular flexibility index (Phi) is 4.48. The van der Waals surface area contributed by atoms with Crippen LogP contribution in [0.5, 0.6) is 0 Å². The van der Waals surface area contributed by atoms with E-state index in [1.54, 1.807) is 0 Å². The Bertz CT molecular complexity index is 221. The fourth-order valence-corrected chi connectivity index (χ4v) is 3.15.